The number of carboxylic acid groups (broad SMARTS) is 1. The lowest BCUT2D eigenvalue weighted by atomic mass is 10.1. The lowest BCUT2D eigenvalue weighted by molar-refractivity contribution is -0.142. The molecule has 2 N–H and O–H groups in total. The van der Waals surface area contributed by atoms with Gasteiger partial charge in [-0.1, -0.05) is 25.8 Å². The van der Waals surface area contributed by atoms with Gasteiger partial charge < -0.3 is 10.4 Å². The van der Waals surface area contributed by atoms with Crippen molar-refractivity contribution in [3.05, 3.63) is 35.4 Å². The Labute approximate surface area is 122 Å². The molecule has 0 bridgehead atoms. The molecule has 0 spiro atoms. The van der Waals surface area contributed by atoms with Gasteiger partial charge in [0.2, 0.25) is 5.91 Å². The third-order valence-electron chi connectivity index (χ3n) is 3.10. The monoisotopic (exact) mass is 299 g/mol. The van der Waals surface area contributed by atoms with Crippen LogP contribution < -0.4 is 5.32 Å². The smallest absolute Gasteiger partial charge is 0.326 e. The van der Waals surface area contributed by atoms with Crippen LogP contribution in [0.25, 0.3) is 0 Å². The number of aliphatic carboxylic acids is 1. The van der Waals surface area contributed by atoms with Crippen molar-refractivity contribution in [1.29, 1.82) is 0 Å². The summed E-state index contributed by atoms with van der Waals surface area (Å²) >= 11 is 0. The van der Waals surface area contributed by atoms with E-state index < -0.39 is 29.6 Å². The highest BCUT2D eigenvalue weighted by Gasteiger charge is 2.18. The lowest BCUT2D eigenvalue weighted by Gasteiger charge is -2.14. The molecule has 1 amide bonds. The molecule has 0 saturated heterocycles. The molecule has 1 aromatic rings. The van der Waals surface area contributed by atoms with E-state index in [4.69, 9.17) is 5.11 Å². The summed E-state index contributed by atoms with van der Waals surface area (Å²) < 4.78 is 25.8. The van der Waals surface area contributed by atoms with E-state index in [2.05, 4.69) is 5.32 Å². The van der Waals surface area contributed by atoms with Gasteiger partial charge in [-0.25, -0.2) is 13.6 Å². The largest absolute Gasteiger partial charge is 0.480 e. The van der Waals surface area contributed by atoms with Crippen LogP contribution in [0.5, 0.6) is 0 Å². The Bertz CT molecular complexity index is 506. The van der Waals surface area contributed by atoms with E-state index in [0.717, 1.165) is 18.6 Å². The molecular formula is C15H19F2NO3. The second kappa shape index (κ2) is 8.34. The summed E-state index contributed by atoms with van der Waals surface area (Å²) in [7, 11) is 0. The minimum Gasteiger partial charge on any atom is -0.480 e. The summed E-state index contributed by atoms with van der Waals surface area (Å²) in [5.41, 5.74) is 0.490. The highest BCUT2D eigenvalue weighted by molar-refractivity contribution is 5.83. The van der Waals surface area contributed by atoms with Crippen molar-refractivity contribution in [2.24, 2.45) is 0 Å². The summed E-state index contributed by atoms with van der Waals surface area (Å²) in [6, 6.07) is 2.54. The van der Waals surface area contributed by atoms with Crippen LogP contribution in [0, 0.1) is 11.6 Å². The van der Waals surface area contributed by atoms with Crippen LogP contribution in [-0.2, 0) is 16.0 Å². The summed E-state index contributed by atoms with van der Waals surface area (Å²) in [5.74, 6) is -3.37. The standard InChI is InChI=1S/C15H19F2NO3/c1-2-3-4-13(15(20)21)18-14(19)8-6-10-5-7-11(16)12(17)9-10/h5,7,9,13H,2-4,6,8H2,1H3,(H,18,19)(H,20,21)/t13-/m0/s1. The predicted molar refractivity (Wildman–Crippen MR) is 73.8 cm³/mol. The maximum atomic E-state index is 13.0. The Morgan fingerprint density at radius 2 is 2.00 bits per heavy atom. The molecule has 0 aromatic heterocycles. The number of unbranched alkanes of at least 4 members (excludes halogenated alkanes) is 1. The van der Waals surface area contributed by atoms with Crippen molar-refractivity contribution in [3.8, 4) is 0 Å². The number of rotatable bonds is 8. The van der Waals surface area contributed by atoms with Crippen molar-refractivity contribution < 1.29 is 23.5 Å². The maximum Gasteiger partial charge on any atom is 0.326 e. The van der Waals surface area contributed by atoms with Crippen LogP contribution in [-0.4, -0.2) is 23.0 Å². The van der Waals surface area contributed by atoms with E-state index >= 15 is 0 Å². The SMILES string of the molecule is CCCC[C@H](NC(=O)CCc1ccc(F)c(F)c1)C(=O)O. The normalized spacial score (nSPS) is 12.0. The van der Waals surface area contributed by atoms with Gasteiger partial charge in [0.05, 0.1) is 0 Å². The first-order valence-electron chi connectivity index (χ1n) is 6.90. The fourth-order valence-electron chi connectivity index (χ4n) is 1.89. The average Bonchev–Trinajstić information content (AvgIpc) is 2.44. The molecule has 1 atom stereocenters. The van der Waals surface area contributed by atoms with Crippen LogP contribution in [0.2, 0.25) is 0 Å². The number of hydrogen-bond donors (Lipinski definition) is 2. The zero-order valence-electron chi connectivity index (χ0n) is 11.9. The van der Waals surface area contributed by atoms with Gasteiger partial charge in [0, 0.05) is 6.42 Å². The highest BCUT2D eigenvalue weighted by Crippen LogP contribution is 2.10. The number of aryl methyl sites for hydroxylation is 1. The quantitative estimate of drug-likeness (QED) is 0.775. The second-order valence-corrected chi connectivity index (χ2v) is 4.85. The van der Waals surface area contributed by atoms with Crippen LogP contribution in [0.15, 0.2) is 18.2 Å². The second-order valence-electron chi connectivity index (χ2n) is 4.85. The third kappa shape index (κ3) is 5.89. The Hall–Kier alpha value is -1.98. The number of hydrogen-bond acceptors (Lipinski definition) is 2. The van der Waals surface area contributed by atoms with Crippen molar-refractivity contribution in [1.82, 2.24) is 5.32 Å². The van der Waals surface area contributed by atoms with Crippen LogP contribution >= 0.6 is 0 Å². The molecule has 0 radical (unpaired) electrons. The van der Waals surface area contributed by atoms with Crippen LogP contribution in [0.1, 0.15) is 38.2 Å². The number of carboxylic acids is 1. The van der Waals surface area contributed by atoms with E-state index in [1.165, 1.54) is 6.07 Å². The van der Waals surface area contributed by atoms with E-state index in [1.807, 2.05) is 6.92 Å². The number of amides is 1. The van der Waals surface area contributed by atoms with Gasteiger partial charge >= 0.3 is 5.97 Å². The first-order valence-corrected chi connectivity index (χ1v) is 6.90. The lowest BCUT2D eigenvalue weighted by Crippen LogP contribution is -2.40. The van der Waals surface area contributed by atoms with Crippen molar-refractivity contribution >= 4 is 11.9 Å². The highest BCUT2D eigenvalue weighted by atomic mass is 19.2. The number of nitrogens with one attached hydrogen (secondary N) is 1. The molecule has 1 rings (SSSR count). The molecule has 4 nitrogen and oxygen atoms in total. The minimum absolute atomic E-state index is 0.0287. The molecule has 116 valence electrons. The van der Waals surface area contributed by atoms with E-state index in [0.29, 0.717) is 18.4 Å². The number of carbonyl (C=O) groups excluding carboxylic acids is 1. The molecule has 0 unspecified atom stereocenters. The molecule has 0 fully saturated rings. The molecule has 0 aliphatic heterocycles. The molecule has 0 saturated carbocycles. The molecule has 1 aromatic carbocycles. The number of benzene rings is 1. The Kier molecular flexibility index (Phi) is 6.78. The zero-order chi connectivity index (χ0) is 15.8. The van der Waals surface area contributed by atoms with Crippen LogP contribution in [0.3, 0.4) is 0 Å². The van der Waals surface area contributed by atoms with Gasteiger partial charge in [-0.3, -0.25) is 4.79 Å². The summed E-state index contributed by atoms with van der Waals surface area (Å²) in [5, 5.41) is 11.4. The van der Waals surface area contributed by atoms with Crippen molar-refractivity contribution in [2.45, 2.75) is 45.1 Å². The Morgan fingerprint density at radius 1 is 1.29 bits per heavy atom. The molecule has 6 heteroatoms. The number of carbonyl (C=O) groups is 2. The Morgan fingerprint density at radius 3 is 2.57 bits per heavy atom. The predicted octanol–water partition coefficient (Wildman–Crippen LogP) is 2.66. The van der Waals surface area contributed by atoms with Gasteiger partial charge in [-0.05, 0) is 30.5 Å². The minimum atomic E-state index is -1.07. The van der Waals surface area contributed by atoms with Gasteiger partial charge in [-0.2, -0.15) is 0 Å². The van der Waals surface area contributed by atoms with Gasteiger partial charge in [0.25, 0.3) is 0 Å². The number of halogens is 2. The molecule has 0 aliphatic rings. The van der Waals surface area contributed by atoms with Gasteiger partial charge in [-0.15, -0.1) is 0 Å². The van der Waals surface area contributed by atoms with E-state index in [-0.39, 0.29) is 12.8 Å². The molecular weight excluding hydrogens is 280 g/mol. The van der Waals surface area contributed by atoms with Crippen molar-refractivity contribution in [3.63, 3.8) is 0 Å². The zero-order valence-corrected chi connectivity index (χ0v) is 11.9. The topological polar surface area (TPSA) is 66.4 Å². The summed E-state index contributed by atoms with van der Waals surface area (Å²) in [6.45, 7) is 1.93. The summed E-state index contributed by atoms with van der Waals surface area (Å²) in [6.07, 6.45) is 2.18. The average molecular weight is 299 g/mol. The molecule has 0 aliphatic carbocycles. The Balaban J connectivity index is 2.48. The van der Waals surface area contributed by atoms with Gasteiger partial charge in [0.1, 0.15) is 6.04 Å². The first-order chi connectivity index (χ1) is 9.93. The molecule has 0 heterocycles. The first kappa shape index (κ1) is 17.1. The fraction of sp³-hybridized carbons (Fsp3) is 0.467. The van der Waals surface area contributed by atoms with Gasteiger partial charge in [0.15, 0.2) is 11.6 Å². The maximum absolute atomic E-state index is 13.0. The van der Waals surface area contributed by atoms with E-state index in [1.54, 1.807) is 0 Å². The third-order valence-corrected chi connectivity index (χ3v) is 3.10. The van der Waals surface area contributed by atoms with Crippen molar-refractivity contribution in [2.75, 3.05) is 0 Å². The van der Waals surface area contributed by atoms with Crippen LogP contribution in [0.4, 0.5) is 8.78 Å². The summed E-state index contributed by atoms with van der Waals surface area (Å²) in [4.78, 5) is 22.7. The molecule has 21 heavy (non-hydrogen) atoms. The fourth-order valence-corrected chi connectivity index (χ4v) is 1.89. The van der Waals surface area contributed by atoms with E-state index in [9.17, 15) is 18.4 Å².